The highest BCUT2D eigenvalue weighted by atomic mass is 16.5. The van der Waals surface area contributed by atoms with Crippen LogP contribution in [0, 0.1) is 19.8 Å². The zero-order valence-corrected chi connectivity index (χ0v) is 14.6. The molecule has 1 aliphatic rings. The molecule has 0 spiro atoms. The summed E-state index contributed by atoms with van der Waals surface area (Å²) in [6.07, 6.45) is 3.46. The molecular weight excluding hydrogens is 290 g/mol. The molecule has 2 rings (SSSR count). The Labute approximate surface area is 138 Å². The topological polar surface area (TPSA) is 55.4 Å². The van der Waals surface area contributed by atoms with Crippen molar-refractivity contribution in [3.05, 3.63) is 34.9 Å². The summed E-state index contributed by atoms with van der Waals surface area (Å²) < 4.78 is 4.97. The molecule has 1 N–H and O–H groups in total. The molecular formula is C19H27NO3. The highest BCUT2D eigenvalue weighted by Crippen LogP contribution is 2.33. The SMILES string of the molecule is COC(=O)[C@]1(NC(=O)Cc2cc(C)ccc2C)CC[C@@H](C)CC1. The van der Waals surface area contributed by atoms with Gasteiger partial charge in [-0.2, -0.15) is 0 Å². The van der Waals surface area contributed by atoms with Crippen molar-refractivity contribution >= 4 is 11.9 Å². The molecule has 1 aromatic carbocycles. The molecule has 4 heteroatoms. The molecule has 0 unspecified atom stereocenters. The minimum atomic E-state index is -0.851. The van der Waals surface area contributed by atoms with Crippen LogP contribution in [0.5, 0.6) is 0 Å². The maximum Gasteiger partial charge on any atom is 0.331 e. The summed E-state index contributed by atoms with van der Waals surface area (Å²) in [6, 6.07) is 6.09. The van der Waals surface area contributed by atoms with Gasteiger partial charge in [0.05, 0.1) is 13.5 Å². The normalized spacial score (nSPS) is 24.1. The summed E-state index contributed by atoms with van der Waals surface area (Å²) in [7, 11) is 1.39. The smallest absolute Gasteiger partial charge is 0.331 e. The van der Waals surface area contributed by atoms with E-state index in [4.69, 9.17) is 4.74 Å². The predicted octanol–water partition coefficient (Wildman–Crippen LogP) is 3.08. The highest BCUT2D eigenvalue weighted by molar-refractivity contribution is 5.89. The van der Waals surface area contributed by atoms with Gasteiger partial charge >= 0.3 is 5.97 Å². The number of ether oxygens (including phenoxy) is 1. The number of rotatable bonds is 4. The zero-order valence-electron chi connectivity index (χ0n) is 14.6. The van der Waals surface area contributed by atoms with Gasteiger partial charge in [-0.3, -0.25) is 4.79 Å². The third-order valence-electron chi connectivity index (χ3n) is 4.94. The van der Waals surface area contributed by atoms with Gasteiger partial charge in [0.15, 0.2) is 0 Å². The van der Waals surface area contributed by atoms with Gasteiger partial charge < -0.3 is 10.1 Å². The second-order valence-corrected chi connectivity index (χ2v) is 6.91. The molecule has 0 saturated heterocycles. The van der Waals surface area contributed by atoms with E-state index in [-0.39, 0.29) is 11.9 Å². The first-order valence-corrected chi connectivity index (χ1v) is 8.32. The van der Waals surface area contributed by atoms with E-state index >= 15 is 0 Å². The molecule has 1 amide bonds. The lowest BCUT2D eigenvalue weighted by molar-refractivity contribution is -0.153. The average molecular weight is 317 g/mol. The number of carbonyl (C=O) groups excluding carboxylic acids is 2. The third-order valence-corrected chi connectivity index (χ3v) is 4.94. The van der Waals surface area contributed by atoms with Crippen molar-refractivity contribution in [1.82, 2.24) is 5.32 Å². The van der Waals surface area contributed by atoms with E-state index < -0.39 is 5.54 Å². The summed E-state index contributed by atoms with van der Waals surface area (Å²) in [5.74, 6) is 0.154. The van der Waals surface area contributed by atoms with Gasteiger partial charge in [-0.05, 0) is 56.6 Å². The van der Waals surface area contributed by atoms with Crippen molar-refractivity contribution in [2.45, 2.75) is 58.4 Å². The molecule has 1 aromatic rings. The molecule has 1 saturated carbocycles. The molecule has 0 aromatic heterocycles. The van der Waals surface area contributed by atoms with Crippen LogP contribution in [-0.2, 0) is 20.7 Å². The lowest BCUT2D eigenvalue weighted by Crippen LogP contribution is -2.57. The van der Waals surface area contributed by atoms with Crippen molar-refractivity contribution in [2.24, 2.45) is 5.92 Å². The number of hydrogen-bond donors (Lipinski definition) is 1. The number of hydrogen-bond acceptors (Lipinski definition) is 3. The van der Waals surface area contributed by atoms with Crippen LogP contribution in [-0.4, -0.2) is 24.5 Å². The van der Waals surface area contributed by atoms with Crippen LogP contribution in [0.3, 0.4) is 0 Å². The first-order valence-electron chi connectivity index (χ1n) is 8.32. The summed E-state index contributed by atoms with van der Waals surface area (Å²) in [5.41, 5.74) is 2.38. The van der Waals surface area contributed by atoms with Gasteiger partial charge in [0.1, 0.15) is 5.54 Å². The van der Waals surface area contributed by atoms with E-state index in [1.807, 2.05) is 32.0 Å². The summed E-state index contributed by atoms with van der Waals surface area (Å²) >= 11 is 0. The Kier molecular flexibility index (Phi) is 5.45. The molecule has 126 valence electrons. The third kappa shape index (κ3) is 4.12. The molecule has 1 aliphatic carbocycles. The Morgan fingerprint density at radius 1 is 1.26 bits per heavy atom. The largest absolute Gasteiger partial charge is 0.467 e. The Hall–Kier alpha value is -1.84. The standard InChI is InChI=1S/C19H27NO3/c1-13-7-9-19(10-8-13,18(22)23-4)20-17(21)12-16-11-14(2)5-6-15(16)3/h5-6,11,13H,7-10,12H2,1-4H3,(H,20,21)/t13-,19+. The van der Waals surface area contributed by atoms with Gasteiger partial charge in [0.25, 0.3) is 0 Å². The lowest BCUT2D eigenvalue weighted by atomic mass is 9.77. The highest BCUT2D eigenvalue weighted by Gasteiger charge is 2.43. The van der Waals surface area contributed by atoms with Crippen molar-refractivity contribution in [2.75, 3.05) is 7.11 Å². The monoisotopic (exact) mass is 317 g/mol. The Balaban J connectivity index is 2.12. The fourth-order valence-electron chi connectivity index (χ4n) is 3.31. The number of amides is 1. The van der Waals surface area contributed by atoms with Crippen LogP contribution in [0.2, 0.25) is 0 Å². The van der Waals surface area contributed by atoms with Crippen LogP contribution < -0.4 is 5.32 Å². The Morgan fingerprint density at radius 2 is 1.91 bits per heavy atom. The predicted molar refractivity (Wildman–Crippen MR) is 90.1 cm³/mol. The molecule has 1 fully saturated rings. The first kappa shape index (κ1) is 17.5. The summed E-state index contributed by atoms with van der Waals surface area (Å²) in [4.78, 5) is 24.8. The Morgan fingerprint density at radius 3 is 2.52 bits per heavy atom. The summed E-state index contributed by atoms with van der Waals surface area (Å²) in [5, 5.41) is 2.99. The van der Waals surface area contributed by atoms with Crippen molar-refractivity contribution in [3.63, 3.8) is 0 Å². The number of aryl methyl sites for hydroxylation is 2. The number of esters is 1. The minimum absolute atomic E-state index is 0.112. The van der Waals surface area contributed by atoms with Crippen molar-refractivity contribution in [3.8, 4) is 0 Å². The van der Waals surface area contributed by atoms with Crippen LogP contribution in [0.1, 0.15) is 49.3 Å². The zero-order chi connectivity index (χ0) is 17.0. The fraction of sp³-hybridized carbons (Fsp3) is 0.579. The van der Waals surface area contributed by atoms with E-state index in [9.17, 15) is 9.59 Å². The number of benzene rings is 1. The van der Waals surface area contributed by atoms with Crippen LogP contribution in [0.4, 0.5) is 0 Å². The van der Waals surface area contributed by atoms with Crippen LogP contribution in [0.15, 0.2) is 18.2 Å². The van der Waals surface area contributed by atoms with E-state index in [1.54, 1.807) is 0 Å². The maximum absolute atomic E-state index is 12.5. The van der Waals surface area contributed by atoms with Crippen molar-refractivity contribution in [1.29, 1.82) is 0 Å². The van der Waals surface area contributed by atoms with E-state index in [2.05, 4.69) is 12.2 Å². The van der Waals surface area contributed by atoms with Crippen molar-refractivity contribution < 1.29 is 14.3 Å². The number of methoxy groups -OCH3 is 1. The second kappa shape index (κ2) is 7.16. The van der Waals surface area contributed by atoms with Gasteiger partial charge in [0.2, 0.25) is 5.91 Å². The number of nitrogens with one attached hydrogen (secondary N) is 1. The van der Waals surface area contributed by atoms with Gasteiger partial charge in [-0.25, -0.2) is 4.79 Å². The molecule has 0 aliphatic heterocycles. The Bertz CT molecular complexity index is 586. The fourth-order valence-corrected chi connectivity index (χ4v) is 3.31. The molecule has 0 bridgehead atoms. The molecule has 0 heterocycles. The van der Waals surface area contributed by atoms with Gasteiger partial charge in [-0.1, -0.05) is 30.7 Å². The molecule has 0 atom stereocenters. The quantitative estimate of drug-likeness (QED) is 0.868. The first-order chi connectivity index (χ1) is 10.9. The van der Waals surface area contributed by atoms with Crippen LogP contribution >= 0.6 is 0 Å². The van der Waals surface area contributed by atoms with Gasteiger partial charge in [-0.15, -0.1) is 0 Å². The van der Waals surface area contributed by atoms with Gasteiger partial charge in [0, 0.05) is 0 Å². The average Bonchev–Trinajstić information content (AvgIpc) is 2.52. The van der Waals surface area contributed by atoms with Crippen LogP contribution in [0.25, 0.3) is 0 Å². The molecule has 0 radical (unpaired) electrons. The van der Waals surface area contributed by atoms with E-state index in [1.165, 1.54) is 7.11 Å². The lowest BCUT2D eigenvalue weighted by Gasteiger charge is -2.37. The molecule has 23 heavy (non-hydrogen) atoms. The number of carbonyl (C=O) groups is 2. The maximum atomic E-state index is 12.5. The second-order valence-electron chi connectivity index (χ2n) is 6.91. The van der Waals surface area contributed by atoms with E-state index in [0.717, 1.165) is 29.5 Å². The minimum Gasteiger partial charge on any atom is -0.467 e. The van der Waals surface area contributed by atoms with E-state index in [0.29, 0.717) is 25.2 Å². The molecule has 4 nitrogen and oxygen atoms in total. The summed E-state index contributed by atoms with van der Waals surface area (Å²) in [6.45, 7) is 6.19.